The molecule has 0 atom stereocenters. The van der Waals surface area contributed by atoms with Crippen LogP contribution in [0.25, 0.3) is 0 Å². The highest BCUT2D eigenvalue weighted by atomic mass is 16.6. The molecule has 3 rings (SSSR count). The number of nitrogens with one attached hydrogen (secondary N) is 1. The maximum Gasteiger partial charge on any atom is 0.373 e. The summed E-state index contributed by atoms with van der Waals surface area (Å²) >= 11 is 0. The predicted octanol–water partition coefficient (Wildman–Crippen LogP) is 4.54. The molecule has 3 aromatic rings. The number of benzene rings is 2. The smallest absolute Gasteiger partial charge is 0.373 e. The van der Waals surface area contributed by atoms with E-state index in [1.807, 2.05) is 38.1 Å². The van der Waals surface area contributed by atoms with Crippen molar-refractivity contribution < 1.29 is 9.66 Å². The zero-order valence-corrected chi connectivity index (χ0v) is 13.8. The van der Waals surface area contributed by atoms with Crippen molar-refractivity contribution in [2.45, 2.75) is 13.8 Å². The molecule has 0 spiro atoms. The van der Waals surface area contributed by atoms with Gasteiger partial charge < -0.3 is 10.1 Å². The van der Waals surface area contributed by atoms with Crippen molar-refractivity contribution in [1.82, 2.24) is 9.97 Å². The summed E-state index contributed by atoms with van der Waals surface area (Å²) in [6, 6.07) is 14.6. The average molecular weight is 336 g/mol. The van der Waals surface area contributed by atoms with Gasteiger partial charge in [-0.15, -0.1) is 0 Å². The summed E-state index contributed by atoms with van der Waals surface area (Å²) in [5, 5.41) is 14.6. The van der Waals surface area contributed by atoms with Gasteiger partial charge in [-0.2, -0.15) is 4.98 Å². The van der Waals surface area contributed by atoms with Crippen LogP contribution in [0.2, 0.25) is 0 Å². The number of aromatic nitrogens is 2. The summed E-state index contributed by atoms with van der Waals surface area (Å²) < 4.78 is 5.57. The molecule has 0 amide bonds. The maximum absolute atomic E-state index is 11.6. The van der Waals surface area contributed by atoms with E-state index in [4.69, 9.17) is 4.74 Å². The van der Waals surface area contributed by atoms with Crippen LogP contribution in [0.15, 0.2) is 54.9 Å². The fraction of sp³-hybridized carbons (Fsp3) is 0.111. The Hall–Kier alpha value is -3.48. The SMILES string of the molecule is Cc1ccc(C)c(Nc2ncnc(Oc3ccccc3)c2[N+](=O)[O-])c1. The van der Waals surface area contributed by atoms with Gasteiger partial charge in [0.15, 0.2) is 0 Å². The number of para-hydroxylation sites is 1. The molecular weight excluding hydrogens is 320 g/mol. The quantitative estimate of drug-likeness (QED) is 0.543. The highest BCUT2D eigenvalue weighted by molar-refractivity contribution is 5.70. The zero-order valence-electron chi connectivity index (χ0n) is 13.8. The first-order valence-corrected chi connectivity index (χ1v) is 7.61. The molecule has 0 aliphatic carbocycles. The van der Waals surface area contributed by atoms with Crippen LogP contribution in [0.4, 0.5) is 17.2 Å². The fourth-order valence-corrected chi connectivity index (χ4v) is 2.29. The van der Waals surface area contributed by atoms with Gasteiger partial charge in [-0.3, -0.25) is 10.1 Å². The van der Waals surface area contributed by atoms with Crippen LogP contribution in [0.1, 0.15) is 11.1 Å². The molecule has 0 fully saturated rings. The molecule has 1 aromatic heterocycles. The van der Waals surface area contributed by atoms with Crippen LogP contribution < -0.4 is 10.1 Å². The molecule has 0 unspecified atom stereocenters. The number of nitro groups is 1. The number of rotatable bonds is 5. The summed E-state index contributed by atoms with van der Waals surface area (Å²) in [4.78, 5) is 19.0. The molecule has 126 valence electrons. The molecule has 0 saturated carbocycles. The van der Waals surface area contributed by atoms with Crippen LogP contribution in [-0.2, 0) is 0 Å². The Morgan fingerprint density at radius 3 is 2.56 bits per heavy atom. The minimum Gasteiger partial charge on any atom is -0.434 e. The number of nitrogens with zero attached hydrogens (tertiary/aromatic N) is 3. The van der Waals surface area contributed by atoms with Crippen LogP contribution in [0, 0.1) is 24.0 Å². The van der Waals surface area contributed by atoms with Gasteiger partial charge in [0.1, 0.15) is 12.1 Å². The Kier molecular flexibility index (Phi) is 4.56. The lowest BCUT2D eigenvalue weighted by Gasteiger charge is -2.11. The van der Waals surface area contributed by atoms with Crippen LogP contribution in [0.5, 0.6) is 11.6 Å². The molecule has 25 heavy (non-hydrogen) atoms. The monoisotopic (exact) mass is 336 g/mol. The molecule has 0 aliphatic rings. The lowest BCUT2D eigenvalue weighted by molar-refractivity contribution is -0.385. The van der Waals surface area contributed by atoms with E-state index in [-0.39, 0.29) is 17.4 Å². The van der Waals surface area contributed by atoms with Crippen molar-refractivity contribution in [1.29, 1.82) is 0 Å². The van der Waals surface area contributed by atoms with E-state index < -0.39 is 4.92 Å². The van der Waals surface area contributed by atoms with E-state index in [1.165, 1.54) is 6.33 Å². The molecule has 7 heteroatoms. The second-order valence-electron chi connectivity index (χ2n) is 5.49. The first-order valence-electron chi connectivity index (χ1n) is 7.61. The molecule has 7 nitrogen and oxygen atoms in total. The lowest BCUT2D eigenvalue weighted by atomic mass is 10.1. The van der Waals surface area contributed by atoms with Crippen molar-refractivity contribution in [3.05, 3.63) is 76.1 Å². The van der Waals surface area contributed by atoms with Gasteiger partial charge in [0.05, 0.1) is 4.92 Å². The zero-order chi connectivity index (χ0) is 17.8. The van der Waals surface area contributed by atoms with Crippen molar-refractivity contribution in [2.75, 3.05) is 5.32 Å². The second-order valence-corrected chi connectivity index (χ2v) is 5.49. The second kappa shape index (κ2) is 6.96. The Morgan fingerprint density at radius 1 is 1.08 bits per heavy atom. The van der Waals surface area contributed by atoms with Gasteiger partial charge in [0, 0.05) is 5.69 Å². The van der Waals surface area contributed by atoms with Crippen LogP contribution in [0.3, 0.4) is 0 Å². The number of hydrogen-bond acceptors (Lipinski definition) is 6. The largest absolute Gasteiger partial charge is 0.434 e. The van der Waals surface area contributed by atoms with Crippen LogP contribution >= 0.6 is 0 Å². The van der Waals surface area contributed by atoms with E-state index in [1.54, 1.807) is 24.3 Å². The molecule has 1 heterocycles. The molecule has 2 aromatic carbocycles. The topological polar surface area (TPSA) is 90.2 Å². The van der Waals surface area contributed by atoms with Crippen molar-refractivity contribution in [2.24, 2.45) is 0 Å². The highest BCUT2D eigenvalue weighted by Gasteiger charge is 2.25. The Bertz CT molecular complexity index is 913. The third-order valence-corrected chi connectivity index (χ3v) is 3.58. The first-order chi connectivity index (χ1) is 12.0. The van der Waals surface area contributed by atoms with Gasteiger partial charge in [-0.25, -0.2) is 4.98 Å². The van der Waals surface area contributed by atoms with Crippen molar-refractivity contribution >= 4 is 17.2 Å². The van der Waals surface area contributed by atoms with Crippen molar-refractivity contribution in [3.8, 4) is 11.6 Å². The predicted molar refractivity (Wildman–Crippen MR) is 94.4 cm³/mol. The number of aryl methyl sites for hydroxylation is 2. The Balaban J connectivity index is 2.01. The molecule has 0 bridgehead atoms. The van der Waals surface area contributed by atoms with Crippen LogP contribution in [-0.4, -0.2) is 14.9 Å². The summed E-state index contributed by atoms with van der Waals surface area (Å²) in [5.74, 6) is 0.431. The van der Waals surface area contributed by atoms with E-state index in [0.717, 1.165) is 16.8 Å². The highest BCUT2D eigenvalue weighted by Crippen LogP contribution is 2.35. The minimum atomic E-state index is -0.550. The standard InChI is InChI=1S/C18H16N4O3/c1-12-8-9-13(2)15(10-12)21-17-16(22(23)24)18(20-11-19-17)25-14-6-4-3-5-7-14/h3-11H,1-2H3,(H,19,20,21). The molecule has 0 aliphatic heterocycles. The summed E-state index contributed by atoms with van der Waals surface area (Å²) in [7, 11) is 0. The maximum atomic E-state index is 11.6. The van der Waals surface area contributed by atoms with Gasteiger partial charge in [0.2, 0.25) is 5.82 Å². The fourth-order valence-electron chi connectivity index (χ4n) is 2.29. The van der Waals surface area contributed by atoms with E-state index >= 15 is 0 Å². The number of hydrogen-bond donors (Lipinski definition) is 1. The summed E-state index contributed by atoms with van der Waals surface area (Å²) in [5.41, 5.74) is 2.41. The van der Waals surface area contributed by atoms with E-state index in [2.05, 4.69) is 15.3 Å². The lowest BCUT2D eigenvalue weighted by Crippen LogP contribution is -2.04. The first kappa shape index (κ1) is 16.4. The summed E-state index contributed by atoms with van der Waals surface area (Å²) in [6.07, 6.45) is 1.23. The normalized spacial score (nSPS) is 10.3. The van der Waals surface area contributed by atoms with E-state index in [0.29, 0.717) is 5.75 Å². The third kappa shape index (κ3) is 3.72. The van der Waals surface area contributed by atoms with E-state index in [9.17, 15) is 10.1 Å². The van der Waals surface area contributed by atoms with Gasteiger partial charge in [-0.1, -0.05) is 30.3 Å². The molecule has 0 saturated heterocycles. The Labute approximate surface area is 144 Å². The van der Waals surface area contributed by atoms with Gasteiger partial charge >= 0.3 is 11.6 Å². The number of anilines is 2. The van der Waals surface area contributed by atoms with Gasteiger partial charge in [-0.05, 0) is 43.2 Å². The summed E-state index contributed by atoms with van der Waals surface area (Å²) in [6.45, 7) is 3.86. The van der Waals surface area contributed by atoms with Crippen molar-refractivity contribution in [3.63, 3.8) is 0 Å². The average Bonchev–Trinajstić information content (AvgIpc) is 2.59. The number of ether oxygens (including phenoxy) is 1. The molecule has 0 radical (unpaired) electrons. The Morgan fingerprint density at radius 2 is 1.84 bits per heavy atom. The molecular formula is C18H16N4O3. The van der Waals surface area contributed by atoms with Gasteiger partial charge in [0.25, 0.3) is 0 Å². The molecule has 1 N–H and O–H groups in total. The third-order valence-electron chi connectivity index (χ3n) is 3.58. The minimum absolute atomic E-state index is 0.0830.